The molecule has 0 saturated carbocycles. The Bertz CT molecular complexity index is 521. The van der Waals surface area contributed by atoms with Gasteiger partial charge in [-0.3, -0.25) is 4.79 Å². The van der Waals surface area contributed by atoms with Gasteiger partial charge in [0.15, 0.2) is 0 Å². The summed E-state index contributed by atoms with van der Waals surface area (Å²) in [6, 6.07) is 6.84. The second-order valence-corrected chi connectivity index (χ2v) is 4.40. The quantitative estimate of drug-likeness (QED) is 0.782. The van der Waals surface area contributed by atoms with E-state index in [1.165, 1.54) is 11.3 Å². The number of carbonyl (C=O) groups is 1. The zero-order valence-corrected chi connectivity index (χ0v) is 9.54. The molecule has 3 N–H and O–H groups in total. The Hall–Kier alpha value is -1.88. The highest BCUT2D eigenvalue weighted by molar-refractivity contribution is 7.10. The Morgan fingerprint density at radius 3 is 2.94 bits per heavy atom. The number of benzene rings is 1. The van der Waals surface area contributed by atoms with Gasteiger partial charge in [-0.25, -0.2) is 4.98 Å². The Kier molecular flexibility index (Phi) is 2.87. The molecule has 5 heteroatoms. The van der Waals surface area contributed by atoms with Crippen LogP contribution in [-0.2, 0) is 0 Å². The smallest absolute Gasteiger partial charge is 0.256 e. The van der Waals surface area contributed by atoms with Gasteiger partial charge >= 0.3 is 0 Å². The SMILES string of the molecule is Cc1scnc1NC(=O)c1cccc(N)c1. The zero-order valence-electron chi connectivity index (χ0n) is 8.73. The lowest BCUT2D eigenvalue weighted by molar-refractivity contribution is 0.102. The number of nitrogens with zero attached hydrogens (tertiary/aromatic N) is 1. The lowest BCUT2D eigenvalue weighted by atomic mass is 10.2. The third-order valence-electron chi connectivity index (χ3n) is 2.13. The zero-order chi connectivity index (χ0) is 11.5. The number of aryl methyl sites for hydroxylation is 1. The van der Waals surface area contributed by atoms with Gasteiger partial charge in [0.25, 0.3) is 5.91 Å². The van der Waals surface area contributed by atoms with E-state index in [0.717, 1.165) is 4.88 Å². The molecule has 2 aromatic rings. The molecule has 0 aliphatic carbocycles. The number of hydrogen-bond acceptors (Lipinski definition) is 4. The van der Waals surface area contributed by atoms with Gasteiger partial charge in [0.05, 0.1) is 5.51 Å². The van der Waals surface area contributed by atoms with Crippen molar-refractivity contribution in [3.63, 3.8) is 0 Å². The molecule has 82 valence electrons. The molecule has 1 aromatic carbocycles. The molecule has 0 unspecified atom stereocenters. The van der Waals surface area contributed by atoms with Crippen LogP contribution in [0.2, 0.25) is 0 Å². The van der Waals surface area contributed by atoms with Crippen LogP contribution in [0.25, 0.3) is 0 Å². The van der Waals surface area contributed by atoms with Crippen LogP contribution in [-0.4, -0.2) is 10.9 Å². The highest BCUT2D eigenvalue weighted by Gasteiger charge is 2.09. The topological polar surface area (TPSA) is 68.0 Å². The lowest BCUT2D eigenvalue weighted by Gasteiger charge is -2.03. The van der Waals surface area contributed by atoms with Crippen LogP contribution in [0.3, 0.4) is 0 Å². The van der Waals surface area contributed by atoms with Crippen molar-refractivity contribution in [2.75, 3.05) is 11.1 Å². The summed E-state index contributed by atoms with van der Waals surface area (Å²) in [4.78, 5) is 16.9. The molecule has 0 aliphatic rings. The van der Waals surface area contributed by atoms with Gasteiger partial charge in [-0.15, -0.1) is 11.3 Å². The van der Waals surface area contributed by atoms with E-state index in [2.05, 4.69) is 10.3 Å². The average Bonchev–Trinajstić information content (AvgIpc) is 2.64. The Morgan fingerprint density at radius 2 is 2.31 bits per heavy atom. The first kappa shape index (κ1) is 10.6. The standard InChI is InChI=1S/C11H11N3OS/c1-7-10(13-6-16-7)14-11(15)8-3-2-4-9(12)5-8/h2-6H,12H2,1H3,(H,14,15). The maximum atomic E-state index is 11.8. The van der Waals surface area contributed by atoms with E-state index in [1.54, 1.807) is 29.8 Å². The fourth-order valence-corrected chi connectivity index (χ4v) is 1.82. The van der Waals surface area contributed by atoms with E-state index < -0.39 is 0 Å². The molecule has 0 fully saturated rings. The highest BCUT2D eigenvalue weighted by atomic mass is 32.1. The van der Waals surface area contributed by atoms with Crippen LogP contribution in [0.1, 0.15) is 15.2 Å². The van der Waals surface area contributed by atoms with Crippen molar-refractivity contribution >= 4 is 28.7 Å². The molecule has 2 rings (SSSR count). The summed E-state index contributed by atoms with van der Waals surface area (Å²) in [5.41, 5.74) is 8.41. The molecule has 4 nitrogen and oxygen atoms in total. The Labute approximate surface area is 97.1 Å². The molecule has 0 radical (unpaired) electrons. The average molecular weight is 233 g/mol. The van der Waals surface area contributed by atoms with Crippen molar-refractivity contribution in [3.05, 3.63) is 40.2 Å². The van der Waals surface area contributed by atoms with Gasteiger partial charge in [0.1, 0.15) is 5.82 Å². The molecule has 1 aromatic heterocycles. The van der Waals surface area contributed by atoms with E-state index in [4.69, 9.17) is 5.73 Å². The van der Waals surface area contributed by atoms with Gasteiger partial charge in [0, 0.05) is 16.1 Å². The van der Waals surface area contributed by atoms with Crippen molar-refractivity contribution in [2.45, 2.75) is 6.92 Å². The largest absolute Gasteiger partial charge is 0.399 e. The number of amides is 1. The fourth-order valence-electron chi connectivity index (χ4n) is 1.28. The molecule has 16 heavy (non-hydrogen) atoms. The van der Waals surface area contributed by atoms with Crippen molar-refractivity contribution in [2.24, 2.45) is 0 Å². The fraction of sp³-hybridized carbons (Fsp3) is 0.0909. The second-order valence-electron chi connectivity index (χ2n) is 3.34. The first-order chi connectivity index (χ1) is 7.66. The number of aromatic nitrogens is 1. The minimum Gasteiger partial charge on any atom is -0.399 e. The minimum atomic E-state index is -0.193. The van der Waals surface area contributed by atoms with E-state index >= 15 is 0 Å². The first-order valence-electron chi connectivity index (χ1n) is 4.74. The second kappa shape index (κ2) is 4.32. The summed E-state index contributed by atoms with van der Waals surface area (Å²) in [6.45, 7) is 1.91. The number of nitrogen functional groups attached to an aromatic ring is 1. The normalized spacial score (nSPS) is 10.1. The summed E-state index contributed by atoms with van der Waals surface area (Å²) in [6.07, 6.45) is 0. The summed E-state index contributed by atoms with van der Waals surface area (Å²) in [5, 5.41) is 2.74. The van der Waals surface area contributed by atoms with Crippen LogP contribution >= 0.6 is 11.3 Å². The van der Waals surface area contributed by atoms with Gasteiger partial charge < -0.3 is 11.1 Å². The number of anilines is 2. The number of nitrogens with one attached hydrogen (secondary N) is 1. The predicted molar refractivity (Wildman–Crippen MR) is 65.7 cm³/mol. The van der Waals surface area contributed by atoms with E-state index in [1.807, 2.05) is 6.92 Å². The van der Waals surface area contributed by atoms with Gasteiger partial charge in [-0.1, -0.05) is 6.07 Å². The van der Waals surface area contributed by atoms with Crippen LogP contribution in [0, 0.1) is 6.92 Å². The third-order valence-corrected chi connectivity index (χ3v) is 2.88. The van der Waals surface area contributed by atoms with Crippen LogP contribution in [0.4, 0.5) is 11.5 Å². The minimum absolute atomic E-state index is 0.193. The number of nitrogens with two attached hydrogens (primary N) is 1. The monoisotopic (exact) mass is 233 g/mol. The number of rotatable bonds is 2. The molecule has 0 bridgehead atoms. The van der Waals surface area contributed by atoms with Gasteiger partial charge in [-0.05, 0) is 25.1 Å². The maximum absolute atomic E-state index is 11.8. The van der Waals surface area contributed by atoms with Crippen LogP contribution < -0.4 is 11.1 Å². The number of hydrogen-bond donors (Lipinski definition) is 2. The molecular weight excluding hydrogens is 222 g/mol. The summed E-state index contributed by atoms with van der Waals surface area (Å²) in [7, 11) is 0. The maximum Gasteiger partial charge on any atom is 0.256 e. The molecule has 0 saturated heterocycles. The van der Waals surface area contributed by atoms with Crippen LogP contribution in [0.15, 0.2) is 29.8 Å². The van der Waals surface area contributed by atoms with E-state index in [0.29, 0.717) is 17.1 Å². The summed E-state index contributed by atoms with van der Waals surface area (Å²) in [5.74, 6) is 0.415. The predicted octanol–water partition coefficient (Wildman–Crippen LogP) is 2.29. The number of carbonyl (C=O) groups excluding carboxylic acids is 1. The number of thiazole rings is 1. The van der Waals surface area contributed by atoms with Crippen LogP contribution in [0.5, 0.6) is 0 Å². The van der Waals surface area contributed by atoms with Gasteiger partial charge in [-0.2, -0.15) is 0 Å². The Morgan fingerprint density at radius 1 is 1.50 bits per heavy atom. The molecule has 0 aliphatic heterocycles. The molecule has 1 amide bonds. The highest BCUT2D eigenvalue weighted by Crippen LogP contribution is 2.17. The molecular formula is C11H11N3OS. The van der Waals surface area contributed by atoms with E-state index in [9.17, 15) is 4.79 Å². The summed E-state index contributed by atoms with van der Waals surface area (Å²) < 4.78 is 0. The third kappa shape index (κ3) is 2.20. The van der Waals surface area contributed by atoms with Gasteiger partial charge in [0.2, 0.25) is 0 Å². The summed E-state index contributed by atoms with van der Waals surface area (Å²) >= 11 is 1.49. The van der Waals surface area contributed by atoms with E-state index in [-0.39, 0.29) is 5.91 Å². The van der Waals surface area contributed by atoms with Crippen molar-refractivity contribution < 1.29 is 4.79 Å². The van der Waals surface area contributed by atoms with Crippen molar-refractivity contribution in [1.82, 2.24) is 4.98 Å². The van der Waals surface area contributed by atoms with Crippen molar-refractivity contribution in [3.8, 4) is 0 Å². The lowest BCUT2D eigenvalue weighted by Crippen LogP contribution is -2.12. The first-order valence-corrected chi connectivity index (χ1v) is 5.62. The molecule has 0 atom stereocenters. The molecule has 0 spiro atoms. The molecule has 1 heterocycles. The van der Waals surface area contributed by atoms with Crippen molar-refractivity contribution in [1.29, 1.82) is 0 Å². The Balaban J connectivity index is 2.18.